The van der Waals surface area contributed by atoms with Crippen LogP contribution in [-0.2, 0) is 0 Å². The Morgan fingerprint density at radius 3 is 2.90 bits per heavy atom. The smallest absolute Gasteiger partial charge is 0.246 e. The van der Waals surface area contributed by atoms with Crippen LogP contribution in [0.25, 0.3) is 5.65 Å². The molecule has 112 valence electrons. The van der Waals surface area contributed by atoms with Gasteiger partial charge < -0.3 is 10.2 Å². The van der Waals surface area contributed by atoms with Gasteiger partial charge in [-0.15, -0.1) is 5.10 Å². The first-order valence-electron chi connectivity index (χ1n) is 7.77. The number of nitrogens with one attached hydrogen (secondary N) is 1. The average molecular weight is 306 g/mol. The predicted molar refractivity (Wildman–Crippen MR) is 84.0 cm³/mol. The maximum Gasteiger partial charge on any atom is 0.246 e. The van der Waals surface area contributed by atoms with Gasteiger partial charge in [0, 0.05) is 25.8 Å². The number of rotatable bonds is 1. The minimum atomic E-state index is 0.200. The van der Waals surface area contributed by atoms with Crippen LogP contribution in [0.15, 0.2) is 18.3 Å². The Bertz CT molecular complexity index is 638. The molecule has 6 heteroatoms. The van der Waals surface area contributed by atoms with E-state index in [4.69, 9.17) is 16.6 Å². The fraction of sp³-hybridized carbons (Fsp3) is 0.600. The summed E-state index contributed by atoms with van der Waals surface area (Å²) in [5, 5.41) is 8.92. The first kappa shape index (κ1) is 13.3. The van der Waals surface area contributed by atoms with Gasteiger partial charge in [-0.1, -0.05) is 30.9 Å². The molecule has 1 saturated heterocycles. The molecule has 1 aliphatic heterocycles. The third-order valence-corrected chi connectivity index (χ3v) is 5.07. The topological polar surface area (TPSA) is 45.5 Å². The third-order valence-electron chi connectivity index (χ3n) is 4.85. The third kappa shape index (κ3) is 2.28. The van der Waals surface area contributed by atoms with Crippen LogP contribution in [0.5, 0.6) is 0 Å². The Balaban J connectivity index is 1.74. The van der Waals surface area contributed by atoms with Gasteiger partial charge in [-0.3, -0.25) is 0 Å². The SMILES string of the molecule is Clc1ccc2nc(N3CCNCC34CCCCC4)nn2c1. The summed E-state index contributed by atoms with van der Waals surface area (Å²) in [7, 11) is 0. The van der Waals surface area contributed by atoms with Crippen molar-refractivity contribution in [2.75, 3.05) is 24.5 Å². The molecule has 0 radical (unpaired) electrons. The molecular weight excluding hydrogens is 286 g/mol. The van der Waals surface area contributed by atoms with Crippen molar-refractivity contribution in [2.24, 2.45) is 0 Å². The highest BCUT2D eigenvalue weighted by Gasteiger charge is 2.41. The largest absolute Gasteiger partial charge is 0.331 e. The Labute approximate surface area is 129 Å². The lowest BCUT2D eigenvalue weighted by Gasteiger charge is -2.49. The second kappa shape index (κ2) is 5.14. The standard InChI is InChI=1S/C15H20ClN5/c16-12-4-5-13-18-14(19-21(13)10-12)20-9-8-17-11-15(20)6-2-1-3-7-15/h4-5,10,17H,1-3,6-9,11H2. The van der Waals surface area contributed by atoms with Crippen molar-refractivity contribution in [3.63, 3.8) is 0 Å². The summed E-state index contributed by atoms with van der Waals surface area (Å²) >= 11 is 6.04. The second-order valence-electron chi connectivity index (χ2n) is 6.18. The molecule has 4 rings (SSSR count). The molecule has 2 aliphatic rings. The number of nitrogens with zero attached hydrogens (tertiary/aromatic N) is 4. The van der Waals surface area contributed by atoms with Gasteiger partial charge in [-0.05, 0) is 25.0 Å². The zero-order chi connectivity index (χ0) is 14.3. The predicted octanol–water partition coefficient (Wildman–Crippen LogP) is 2.50. The van der Waals surface area contributed by atoms with Crippen molar-refractivity contribution >= 4 is 23.2 Å². The number of pyridine rings is 1. The van der Waals surface area contributed by atoms with Crippen molar-refractivity contribution in [1.29, 1.82) is 0 Å². The molecular formula is C15H20ClN5. The highest BCUT2D eigenvalue weighted by Crippen LogP contribution is 2.36. The van der Waals surface area contributed by atoms with Crippen LogP contribution in [0.2, 0.25) is 5.02 Å². The van der Waals surface area contributed by atoms with Crippen LogP contribution >= 0.6 is 11.6 Å². The Morgan fingerprint density at radius 1 is 1.19 bits per heavy atom. The van der Waals surface area contributed by atoms with E-state index in [9.17, 15) is 0 Å². The summed E-state index contributed by atoms with van der Waals surface area (Å²) in [4.78, 5) is 7.15. The van der Waals surface area contributed by atoms with Crippen LogP contribution in [0.4, 0.5) is 5.95 Å². The number of aromatic nitrogens is 3. The number of halogens is 1. The summed E-state index contributed by atoms with van der Waals surface area (Å²) < 4.78 is 1.79. The summed E-state index contributed by atoms with van der Waals surface area (Å²) in [5.74, 6) is 0.848. The molecule has 0 unspecified atom stereocenters. The van der Waals surface area contributed by atoms with Crippen molar-refractivity contribution in [2.45, 2.75) is 37.6 Å². The van der Waals surface area contributed by atoms with Crippen LogP contribution in [0.3, 0.4) is 0 Å². The molecule has 1 spiro atoms. The summed E-state index contributed by atoms with van der Waals surface area (Å²) in [6.45, 7) is 3.02. The van der Waals surface area contributed by atoms with Crippen LogP contribution < -0.4 is 10.2 Å². The van der Waals surface area contributed by atoms with Crippen LogP contribution in [-0.4, -0.2) is 39.8 Å². The molecule has 0 aromatic carbocycles. The molecule has 2 aromatic heterocycles. The van der Waals surface area contributed by atoms with E-state index in [2.05, 4.69) is 15.3 Å². The van der Waals surface area contributed by atoms with E-state index in [0.29, 0.717) is 5.02 Å². The highest BCUT2D eigenvalue weighted by atomic mass is 35.5. The highest BCUT2D eigenvalue weighted by molar-refractivity contribution is 6.30. The first-order chi connectivity index (χ1) is 10.3. The fourth-order valence-electron chi connectivity index (χ4n) is 3.77. The van der Waals surface area contributed by atoms with Crippen LogP contribution in [0, 0.1) is 0 Å². The molecule has 3 heterocycles. The molecule has 0 bridgehead atoms. The maximum atomic E-state index is 6.04. The van der Waals surface area contributed by atoms with Gasteiger partial charge in [0.25, 0.3) is 0 Å². The van der Waals surface area contributed by atoms with Crippen molar-refractivity contribution in [1.82, 2.24) is 19.9 Å². The van der Waals surface area contributed by atoms with Gasteiger partial charge in [-0.25, -0.2) is 4.52 Å². The van der Waals surface area contributed by atoms with Crippen LogP contribution in [0.1, 0.15) is 32.1 Å². The Kier molecular flexibility index (Phi) is 3.27. The molecule has 2 fully saturated rings. The minimum absolute atomic E-state index is 0.200. The van der Waals surface area contributed by atoms with E-state index in [1.165, 1.54) is 32.1 Å². The monoisotopic (exact) mass is 305 g/mol. The summed E-state index contributed by atoms with van der Waals surface area (Å²) in [5.41, 5.74) is 1.06. The number of hydrogen-bond acceptors (Lipinski definition) is 4. The first-order valence-corrected chi connectivity index (χ1v) is 8.15. The van der Waals surface area contributed by atoms with Gasteiger partial charge in [-0.2, -0.15) is 4.98 Å². The Morgan fingerprint density at radius 2 is 2.05 bits per heavy atom. The Hall–Kier alpha value is -1.33. The lowest BCUT2D eigenvalue weighted by molar-refractivity contribution is 0.238. The van der Waals surface area contributed by atoms with Crippen molar-refractivity contribution in [3.8, 4) is 0 Å². The molecule has 2 aromatic rings. The van der Waals surface area contributed by atoms with E-state index < -0.39 is 0 Å². The molecule has 1 N–H and O–H groups in total. The number of anilines is 1. The lowest BCUT2D eigenvalue weighted by Crippen LogP contribution is -2.62. The molecule has 0 amide bonds. The van der Waals surface area contributed by atoms with Crippen molar-refractivity contribution in [3.05, 3.63) is 23.4 Å². The van der Waals surface area contributed by atoms with E-state index in [0.717, 1.165) is 31.2 Å². The second-order valence-corrected chi connectivity index (χ2v) is 6.61. The minimum Gasteiger partial charge on any atom is -0.331 e. The average Bonchev–Trinajstić information content (AvgIpc) is 2.91. The quantitative estimate of drug-likeness (QED) is 0.879. The van der Waals surface area contributed by atoms with Gasteiger partial charge in [0.15, 0.2) is 5.65 Å². The maximum absolute atomic E-state index is 6.04. The molecule has 1 saturated carbocycles. The molecule has 0 atom stereocenters. The zero-order valence-electron chi connectivity index (χ0n) is 12.1. The van der Waals surface area contributed by atoms with Crippen molar-refractivity contribution < 1.29 is 0 Å². The fourth-order valence-corrected chi connectivity index (χ4v) is 3.93. The normalized spacial score (nSPS) is 22.0. The number of piperazine rings is 1. The van der Waals surface area contributed by atoms with E-state index in [-0.39, 0.29) is 5.54 Å². The molecule has 21 heavy (non-hydrogen) atoms. The summed E-state index contributed by atoms with van der Waals surface area (Å²) in [6, 6.07) is 3.79. The van der Waals surface area contributed by atoms with Gasteiger partial charge in [0.1, 0.15) is 0 Å². The van der Waals surface area contributed by atoms with Gasteiger partial charge in [0.2, 0.25) is 5.95 Å². The van der Waals surface area contributed by atoms with E-state index in [1.54, 1.807) is 4.52 Å². The number of fused-ring (bicyclic) bond motifs is 1. The molecule has 5 nitrogen and oxygen atoms in total. The van der Waals surface area contributed by atoms with E-state index in [1.807, 2.05) is 18.3 Å². The summed E-state index contributed by atoms with van der Waals surface area (Å²) in [6.07, 6.45) is 8.24. The van der Waals surface area contributed by atoms with E-state index >= 15 is 0 Å². The van der Waals surface area contributed by atoms with Gasteiger partial charge >= 0.3 is 0 Å². The molecule has 1 aliphatic carbocycles. The number of hydrogen-bond donors (Lipinski definition) is 1. The lowest BCUT2D eigenvalue weighted by atomic mass is 9.79. The van der Waals surface area contributed by atoms with Gasteiger partial charge in [0.05, 0.1) is 10.6 Å². The zero-order valence-corrected chi connectivity index (χ0v) is 12.8.